The van der Waals surface area contributed by atoms with Crippen LogP contribution in [0.5, 0.6) is 0 Å². The van der Waals surface area contributed by atoms with E-state index < -0.39 is 5.54 Å². The number of nitrogens with two attached hydrogens (primary N) is 1. The van der Waals surface area contributed by atoms with Crippen molar-refractivity contribution in [3.63, 3.8) is 0 Å². The van der Waals surface area contributed by atoms with Gasteiger partial charge in [0.2, 0.25) is 5.91 Å². The number of benzene rings is 1. The van der Waals surface area contributed by atoms with Crippen molar-refractivity contribution >= 4 is 5.91 Å². The normalized spacial score (nSPS) is 15.8. The van der Waals surface area contributed by atoms with Crippen LogP contribution in [0, 0.1) is 11.7 Å². The Morgan fingerprint density at radius 1 is 1.40 bits per heavy atom. The number of carbonyl (C=O) groups is 1. The minimum atomic E-state index is -0.404. The number of rotatable bonds is 6. The summed E-state index contributed by atoms with van der Waals surface area (Å²) in [4.78, 5) is 12.1. The van der Waals surface area contributed by atoms with Gasteiger partial charge in [-0.1, -0.05) is 32.9 Å². The van der Waals surface area contributed by atoms with Crippen molar-refractivity contribution in [2.75, 3.05) is 6.54 Å². The SMILES string of the molecule is CC(CC(=O)NC(C)(CN)C(C)C)c1cccc(F)c1. The minimum Gasteiger partial charge on any atom is -0.349 e. The van der Waals surface area contributed by atoms with E-state index in [1.54, 1.807) is 6.07 Å². The summed E-state index contributed by atoms with van der Waals surface area (Å²) in [6.07, 6.45) is 0.325. The smallest absolute Gasteiger partial charge is 0.221 e. The van der Waals surface area contributed by atoms with Crippen LogP contribution in [0.3, 0.4) is 0 Å². The van der Waals surface area contributed by atoms with Crippen molar-refractivity contribution in [2.24, 2.45) is 11.7 Å². The summed E-state index contributed by atoms with van der Waals surface area (Å²) in [5.41, 5.74) is 6.18. The summed E-state index contributed by atoms with van der Waals surface area (Å²) in [5, 5.41) is 3.00. The van der Waals surface area contributed by atoms with Gasteiger partial charge >= 0.3 is 0 Å². The molecule has 0 spiro atoms. The topological polar surface area (TPSA) is 55.1 Å². The third-order valence-electron chi connectivity index (χ3n) is 4.03. The van der Waals surface area contributed by atoms with Crippen LogP contribution in [-0.4, -0.2) is 18.0 Å². The fourth-order valence-corrected chi connectivity index (χ4v) is 2.01. The van der Waals surface area contributed by atoms with Gasteiger partial charge in [0.15, 0.2) is 0 Å². The van der Waals surface area contributed by atoms with Crippen LogP contribution in [-0.2, 0) is 4.79 Å². The van der Waals surface area contributed by atoms with Crippen LogP contribution in [0.15, 0.2) is 24.3 Å². The fraction of sp³-hybridized carbons (Fsp3) is 0.562. The zero-order chi connectivity index (χ0) is 15.3. The Bertz CT molecular complexity index is 462. The molecule has 0 aromatic heterocycles. The lowest BCUT2D eigenvalue weighted by atomic mass is 9.87. The molecule has 2 atom stereocenters. The van der Waals surface area contributed by atoms with Crippen LogP contribution >= 0.6 is 0 Å². The largest absolute Gasteiger partial charge is 0.349 e. The number of amides is 1. The summed E-state index contributed by atoms with van der Waals surface area (Å²) in [6, 6.07) is 6.38. The first-order valence-electron chi connectivity index (χ1n) is 7.05. The average molecular weight is 280 g/mol. The first kappa shape index (κ1) is 16.6. The molecule has 1 aromatic carbocycles. The Labute approximate surface area is 120 Å². The molecule has 3 nitrogen and oxygen atoms in total. The number of halogens is 1. The molecule has 0 radical (unpaired) electrons. The highest BCUT2D eigenvalue weighted by Gasteiger charge is 2.28. The molecular weight excluding hydrogens is 255 g/mol. The zero-order valence-corrected chi connectivity index (χ0v) is 12.7. The van der Waals surface area contributed by atoms with Gasteiger partial charge in [0.1, 0.15) is 5.82 Å². The van der Waals surface area contributed by atoms with Crippen LogP contribution in [0.4, 0.5) is 4.39 Å². The lowest BCUT2D eigenvalue weighted by molar-refractivity contribution is -0.123. The van der Waals surface area contributed by atoms with E-state index in [9.17, 15) is 9.18 Å². The van der Waals surface area contributed by atoms with E-state index in [1.807, 2.05) is 33.8 Å². The predicted octanol–water partition coefficient (Wildman–Crippen LogP) is 2.81. The second-order valence-corrected chi connectivity index (χ2v) is 5.98. The van der Waals surface area contributed by atoms with Crippen molar-refractivity contribution in [3.8, 4) is 0 Å². The van der Waals surface area contributed by atoms with E-state index in [-0.39, 0.29) is 23.6 Å². The van der Waals surface area contributed by atoms with Gasteiger partial charge < -0.3 is 11.1 Å². The molecule has 3 N–H and O–H groups in total. The van der Waals surface area contributed by atoms with Gasteiger partial charge in [-0.2, -0.15) is 0 Å². The molecule has 0 fully saturated rings. The monoisotopic (exact) mass is 280 g/mol. The third kappa shape index (κ3) is 4.30. The molecular formula is C16H25FN2O. The van der Waals surface area contributed by atoms with Gasteiger partial charge in [0.05, 0.1) is 5.54 Å². The number of carbonyl (C=O) groups excluding carboxylic acids is 1. The zero-order valence-electron chi connectivity index (χ0n) is 12.7. The summed E-state index contributed by atoms with van der Waals surface area (Å²) in [5.74, 6) is -0.104. The first-order chi connectivity index (χ1) is 9.28. The second kappa shape index (κ2) is 6.84. The first-order valence-corrected chi connectivity index (χ1v) is 7.05. The van der Waals surface area contributed by atoms with E-state index in [2.05, 4.69) is 5.32 Å². The van der Waals surface area contributed by atoms with E-state index in [0.29, 0.717) is 13.0 Å². The Balaban J connectivity index is 2.67. The van der Waals surface area contributed by atoms with Crippen molar-refractivity contribution in [3.05, 3.63) is 35.6 Å². The van der Waals surface area contributed by atoms with Gasteiger partial charge in [-0.15, -0.1) is 0 Å². The molecule has 2 unspecified atom stereocenters. The number of hydrogen-bond acceptors (Lipinski definition) is 2. The molecule has 4 heteroatoms. The molecule has 0 aliphatic carbocycles. The van der Waals surface area contributed by atoms with Crippen molar-refractivity contribution in [2.45, 2.75) is 45.6 Å². The van der Waals surface area contributed by atoms with Crippen molar-refractivity contribution in [1.29, 1.82) is 0 Å². The molecule has 20 heavy (non-hydrogen) atoms. The van der Waals surface area contributed by atoms with Gasteiger partial charge in [0.25, 0.3) is 0 Å². The van der Waals surface area contributed by atoms with Gasteiger partial charge in [0, 0.05) is 13.0 Å². The highest BCUT2D eigenvalue weighted by molar-refractivity contribution is 5.77. The van der Waals surface area contributed by atoms with Gasteiger partial charge in [-0.05, 0) is 36.5 Å². The summed E-state index contributed by atoms with van der Waals surface area (Å²) in [6.45, 7) is 8.32. The van der Waals surface area contributed by atoms with E-state index in [0.717, 1.165) is 5.56 Å². The Kier molecular flexibility index (Phi) is 5.69. The molecule has 1 rings (SSSR count). The molecule has 112 valence electrons. The minimum absolute atomic E-state index is 0.0279. The lowest BCUT2D eigenvalue weighted by Gasteiger charge is -2.34. The standard InChI is InChI=1S/C16H25FN2O/c1-11(2)16(4,10-18)19-15(20)8-12(3)13-6-5-7-14(17)9-13/h5-7,9,11-12H,8,10,18H2,1-4H3,(H,19,20). The van der Waals surface area contributed by atoms with Crippen LogP contribution in [0.1, 0.15) is 45.6 Å². The maximum absolute atomic E-state index is 13.2. The maximum Gasteiger partial charge on any atom is 0.221 e. The number of hydrogen-bond donors (Lipinski definition) is 2. The Hall–Kier alpha value is -1.42. The van der Waals surface area contributed by atoms with Crippen molar-refractivity contribution < 1.29 is 9.18 Å². The van der Waals surface area contributed by atoms with Gasteiger partial charge in [-0.25, -0.2) is 4.39 Å². The molecule has 1 amide bonds. The van der Waals surface area contributed by atoms with E-state index >= 15 is 0 Å². The molecule has 0 saturated carbocycles. The Morgan fingerprint density at radius 2 is 2.05 bits per heavy atom. The molecule has 0 aliphatic rings. The number of nitrogens with one attached hydrogen (secondary N) is 1. The summed E-state index contributed by atoms with van der Waals surface area (Å²) in [7, 11) is 0. The van der Waals surface area contributed by atoms with E-state index in [4.69, 9.17) is 5.73 Å². The second-order valence-electron chi connectivity index (χ2n) is 5.98. The van der Waals surface area contributed by atoms with Crippen LogP contribution < -0.4 is 11.1 Å². The maximum atomic E-state index is 13.2. The van der Waals surface area contributed by atoms with Crippen LogP contribution in [0.25, 0.3) is 0 Å². The Morgan fingerprint density at radius 3 is 2.55 bits per heavy atom. The third-order valence-corrected chi connectivity index (χ3v) is 4.03. The fourth-order valence-electron chi connectivity index (χ4n) is 2.01. The highest BCUT2D eigenvalue weighted by atomic mass is 19.1. The summed E-state index contributed by atoms with van der Waals surface area (Å²) < 4.78 is 13.2. The molecule has 0 bridgehead atoms. The summed E-state index contributed by atoms with van der Waals surface area (Å²) >= 11 is 0. The molecule has 0 saturated heterocycles. The van der Waals surface area contributed by atoms with Gasteiger partial charge in [-0.3, -0.25) is 4.79 Å². The molecule has 0 aliphatic heterocycles. The average Bonchev–Trinajstić information content (AvgIpc) is 2.38. The molecule has 1 aromatic rings. The van der Waals surface area contributed by atoms with Crippen molar-refractivity contribution in [1.82, 2.24) is 5.32 Å². The van der Waals surface area contributed by atoms with E-state index in [1.165, 1.54) is 12.1 Å². The molecule has 0 heterocycles. The highest BCUT2D eigenvalue weighted by Crippen LogP contribution is 2.21. The quantitative estimate of drug-likeness (QED) is 0.842. The predicted molar refractivity (Wildman–Crippen MR) is 79.9 cm³/mol. The van der Waals surface area contributed by atoms with Crippen LogP contribution in [0.2, 0.25) is 0 Å². The lowest BCUT2D eigenvalue weighted by Crippen LogP contribution is -2.55.